The summed E-state index contributed by atoms with van der Waals surface area (Å²) in [4.78, 5) is 0. The van der Waals surface area contributed by atoms with E-state index >= 15 is 0 Å². The van der Waals surface area contributed by atoms with Crippen LogP contribution in [0.15, 0.2) is 103 Å². The molecule has 0 fully saturated rings. The second-order valence-corrected chi connectivity index (χ2v) is 9.40. The van der Waals surface area contributed by atoms with Crippen molar-refractivity contribution in [3.8, 4) is 22.3 Å². The van der Waals surface area contributed by atoms with E-state index in [4.69, 9.17) is 0 Å². The molecule has 6 aromatic rings. The maximum Gasteiger partial charge on any atom is -0.00265 e. The van der Waals surface area contributed by atoms with Gasteiger partial charge in [-0.2, -0.15) is 0 Å². The van der Waals surface area contributed by atoms with Crippen LogP contribution in [0.2, 0.25) is 0 Å². The molecule has 1 aliphatic rings. The summed E-state index contributed by atoms with van der Waals surface area (Å²) in [6.07, 6.45) is 5.73. The van der Waals surface area contributed by atoms with Crippen molar-refractivity contribution >= 4 is 44.5 Å². The summed E-state index contributed by atoms with van der Waals surface area (Å²) < 4.78 is 0. The third kappa shape index (κ3) is 2.92. The fourth-order valence-electron chi connectivity index (χ4n) is 5.79. The summed E-state index contributed by atoms with van der Waals surface area (Å²) >= 11 is 0. The molecule has 0 atom stereocenters. The highest BCUT2D eigenvalue weighted by molar-refractivity contribution is 6.13. The lowest BCUT2D eigenvalue weighted by atomic mass is 9.88. The fraction of sp³-hybridized carbons (Fsp3) is 0.0588. The van der Waals surface area contributed by atoms with E-state index in [0.717, 1.165) is 6.42 Å². The molecule has 0 unspecified atom stereocenters. The van der Waals surface area contributed by atoms with Gasteiger partial charge in [-0.3, -0.25) is 0 Å². The largest absolute Gasteiger partial charge is 0.0728 e. The number of fused-ring (bicyclic) bond motifs is 4. The predicted molar refractivity (Wildman–Crippen MR) is 147 cm³/mol. The first kappa shape index (κ1) is 19.3. The van der Waals surface area contributed by atoms with E-state index in [1.807, 2.05) is 0 Å². The van der Waals surface area contributed by atoms with Crippen LogP contribution in [0, 0.1) is 6.92 Å². The van der Waals surface area contributed by atoms with Gasteiger partial charge in [0, 0.05) is 0 Å². The van der Waals surface area contributed by atoms with E-state index < -0.39 is 0 Å². The minimum absolute atomic E-state index is 1.01. The van der Waals surface area contributed by atoms with Crippen LogP contribution in [0.5, 0.6) is 0 Å². The Bertz CT molecular complexity index is 1830. The summed E-state index contributed by atoms with van der Waals surface area (Å²) in [5.74, 6) is 0. The highest BCUT2D eigenvalue weighted by Gasteiger charge is 2.14. The Morgan fingerprint density at radius 3 is 1.68 bits per heavy atom. The van der Waals surface area contributed by atoms with E-state index in [2.05, 4.69) is 122 Å². The normalized spacial score (nSPS) is 12.6. The van der Waals surface area contributed by atoms with Crippen molar-refractivity contribution in [2.75, 3.05) is 0 Å². The average molecular weight is 433 g/mol. The third-order valence-corrected chi connectivity index (χ3v) is 7.21. The first-order valence-corrected chi connectivity index (χ1v) is 12.0. The van der Waals surface area contributed by atoms with Gasteiger partial charge in [0.05, 0.1) is 0 Å². The molecule has 0 aromatic heterocycles. The first-order chi connectivity index (χ1) is 16.8. The highest BCUT2D eigenvalue weighted by Crippen LogP contribution is 2.38. The Morgan fingerprint density at radius 1 is 0.500 bits per heavy atom. The second-order valence-electron chi connectivity index (χ2n) is 9.40. The molecular formula is C34H24. The van der Waals surface area contributed by atoms with Crippen molar-refractivity contribution in [1.82, 2.24) is 0 Å². The maximum atomic E-state index is 2.41. The van der Waals surface area contributed by atoms with Crippen LogP contribution in [-0.2, 0) is 0 Å². The van der Waals surface area contributed by atoms with Crippen LogP contribution in [0.3, 0.4) is 0 Å². The maximum absolute atomic E-state index is 2.41. The van der Waals surface area contributed by atoms with Gasteiger partial charge < -0.3 is 0 Å². The van der Waals surface area contributed by atoms with Gasteiger partial charge in [0.25, 0.3) is 0 Å². The van der Waals surface area contributed by atoms with Crippen LogP contribution in [0.1, 0.15) is 12.0 Å². The van der Waals surface area contributed by atoms with E-state index in [9.17, 15) is 0 Å². The minimum atomic E-state index is 1.01. The van der Waals surface area contributed by atoms with Crippen molar-refractivity contribution in [3.63, 3.8) is 0 Å². The molecule has 6 aromatic carbocycles. The SMILES string of the molecule is Cc1cc(-c2c3c(cc4ccccc24)=CCC=3)cc(-c2c3ccccc3cc3ccccc23)c1. The van der Waals surface area contributed by atoms with Gasteiger partial charge >= 0.3 is 0 Å². The molecule has 0 amide bonds. The van der Waals surface area contributed by atoms with E-state index in [1.165, 1.54) is 70.6 Å². The van der Waals surface area contributed by atoms with Crippen LogP contribution in [0.25, 0.3) is 66.7 Å². The number of hydrogen-bond donors (Lipinski definition) is 0. The number of benzene rings is 6. The zero-order valence-electron chi connectivity index (χ0n) is 19.2. The standard InChI is InChI=1S/C34H24/c1-22-17-27(33-29-13-5-2-9-23(29)19-24-10-3-6-14-30(24)33)21-28(18-22)34-31-15-7-4-11-25(31)20-26-12-8-16-32(26)34/h2-7,9-21H,8H2,1H3. The Hall–Kier alpha value is -4.16. The van der Waals surface area contributed by atoms with E-state index in [0.29, 0.717) is 0 Å². The van der Waals surface area contributed by atoms with Gasteiger partial charge in [0.1, 0.15) is 0 Å². The van der Waals surface area contributed by atoms with Crippen molar-refractivity contribution in [2.24, 2.45) is 0 Å². The predicted octanol–water partition coefficient (Wildman–Crippen LogP) is 7.75. The minimum Gasteiger partial charge on any atom is -0.0728 e. The lowest BCUT2D eigenvalue weighted by molar-refractivity contribution is 1.46. The van der Waals surface area contributed by atoms with Crippen LogP contribution < -0.4 is 10.4 Å². The topological polar surface area (TPSA) is 0 Å². The summed E-state index contributed by atoms with van der Waals surface area (Å²) in [5.41, 5.74) is 6.55. The molecule has 1 aliphatic carbocycles. The first-order valence-electron chi connectivity index (χ1n) is 12.0. The molecule has 0 radical (unpaired) electrons. The van der Waals surface area contributed by atoms with E-state index in [-0.39, 0.29) is 0 Å². The summed E-state index contributed by atoms with van der Waals surface area (Å²) in [5, 5.41) is 10.5. The monoisotopic (exact) mass is 432 g/mol. The third-order valence-electron chi connectivity index (χ3n) is 7.21. The molecule has 0 spiro atoms. The molecule has 0 heteroatoms. The molecule has 0 saturated heterocycles. The summed E-state index contributed by atoms with van der Waals surface area (Å²) in [7, 11) is 0. The molecule has 0 saturated carbocycles. The Morgan fingerprint density at radius 2 is 1.03 bits per heavy atom. The average Bonchev–Trinajstić information content (AvgIpc) is 3.33. The van der Waals surface area contributed by atoms with E-state index in [1.54, 1.807) is 0 Å². The van der Waals surface area contributed by atoms with Gasteiger partial charge in [-0.1, -0.05) is 97.1 Å². The number of hydrogen-bond acceptors (Lipinski definition) is 0. The number of aryl methyl sites for hydroxylation is 1. The molecule has 160 valence electrons. The number of rotatable bonds is 2. The Balaban J connectivity index is 1.60. The van der Waals surface area contributed by atoms with Gasteiger partial charge in [0.15, 0.2) is 0 Å². The van der Waals surface area contributed by atoms with Gasteiger partial charge in [-0.25, -0.2) is 0 Å². The lowest BCUT2D eigenvalue weighted by Crippen LogP contribution is -2.24. The van der Waals surface area contributed by atoms with Crippen LogP contribution in [0.4, 0.5) is 0 Å². The molecule has 0 N–H and O–H groups in total. The molecule has 0 aliphatic heterocycles. The molecule has 34 heavy (non-hydrogen) atoms. The molecule has 0 nitrogen and oxygen atoms in total. The molecule has 0 heterocycles. The Kier molecular flexibility index (Phi) is 4.22. The van der Waals surface area contributed by atoms with Gasteiger partial charge in [0.2, 0.25) is 0 Å². The Labute approximate surface area is 199 Å². The van der Waals surface area contributed by atoms with Gasteiger partial charge in [-0.05, 0) is 102 Å². The summed E-state index contributed by atoms with van der Waals surface area (Å²) in [6.45, 7) is 2.22. The highest BCUT2D eigenvalue weighted by atomic mass is 14.2. The van der Waals surface area contributed by atoms with Crippen molar-refractivity contribution < 1.29 is 0 Å². The van der Waals surface area contributed by atoms with Crippen molar-refractivity contribution in [1.29, 1.82) is 0 Å². The van der Waals surface area contributed by atoms with Crippen molar-refractivity contribution in [2.45, 2.75) is 13.3 Å². The van der Waals surface area contributed by atoms with Gasteiger partial charge in [-0.15, -0.1) is 0 Å². The summed E-state index contributed by atoms with van der Waals surface area (Å²) in [6, 6.07) is 38.1. The zero-order chi connectivity index (χ0) is 22.6. The molecule has 7 rings (SSSR count). The lowest BCUT2D eigenvalue weighted by Gasteiger charge is -2.16. The second kappa shape index (κ2) is 7.43. The smallest absolute Gasteiger partial charge is 0.00265 e. The van der Waals surface area contributed by atoms with Crippen LogP contribution in [-0.4, -0.2) is 0 Å². The fourth-order valence-corrected chi connectivity index (χ4v) is 5.79. The zero-order valence-corrected chi connectivity index (χ0v) is 19.2. The molecule has 0 bridgehead atoms. The van der Waals surface area contributed by atoms with Crippen LogP contribution >= 0.6 is 0 Å². The van der Waals surface area contributed by atoms with Crippen molar-refractivity contribution in [3.05, 3.63) is 119 Å². The molecular weight excluding hydrogens is 408 g/mol. The quantitative estimate of drug-likeness (QED) is 0.245.